The molecule has 22 heavy (non-hydrogen) atoms. The van der Waals surface area contributed by atoms with E-state index in [1.165, 1.54) is 11.8 Å². The van der Waals surface area contributed by atoms with Gasteiger partial charge in [-0.1, -0.05) is 18.2 Å². The van der Waals surface area contributed by atoms with E-state index < -0.39 is 0 Å². The topological polar surface area (TPSA) is 58.2 Å². The summed E-state index contributed by atoms with van der Waals surface area (Å²) in [5.74, 6) is -0.212. The highest BCUT2D eigenvalue weighted by Gasteiger charge is 2.29. The van der Waals surface area contributed by atoms with Crippen LogP contribution in [0.15, 0.2) is 46.7 Å². The molecule has 114 valence electrons. The van der Waals surface area contributed by atoms with E-state index >= 15 is 0 Å². The van der Waals surface area contributed by atoms with Gasteiger partial charge in [-0.05, 0) is 30.5 Å². The molecule has 1 aliphatic heterocycles. The standard InChI is InChI=1S/C16H16N2O2S2/c1-10(12-7-4-8-21-12)17-15(19)9-14-16(20)18-11-5-2-3-6-13(11)22-14/h2-8,10,14H,9H2,1H3,(H,17,19)(H,18,20)/t10-,14-/m0/s1. The Kier molecular flexibility index (Phi) is 4.49. The van der Waals surface area contributed by atoms with E-state index in [9.17, 15) is 9.59 Å². The van der Waals surface area contributed by atoms with Crippen LogP contribution in [0, 0.1) is 0 Å². The van der Waals surface area contributed by atoms with Gasteiger partial charge in [-0.15, -0.1) is 23.1 Å². The van der Waals surface area contributed by atoms with Gasteiger partial charge >= 0.3 is 0 Å². The van der Waals surface area contributed by atoms with Crippen molar-refractivity contribution in [2.24, 2.45) is 0 Å². The number of anilines is 1. The van der Waals surface area contributed by atoms with Crippen LogP contribution >= 0.6 is 23.1 Å². The van der Waals surface area contributed by atoms with Crippen molar-refractivity contribution < 1.29 is 9.59 Å². The molecule has 0 aliphatic carbocycles. The van der Waals surface area contributed by atoms with Crippen LogP contribution in [0.3, 0.4) is 0 Å². The number of thioether (sulfide) groups is 1. The minimum atomic E-state index is -0.384. The molecule has 0 bridgehead atoms. The summed E-state index contributed by atoms with van der Waals surface area (Å²) in [4.78, 5) is 26.4. The summed E-state index contributed by atoms with van der Waals surface area (Å²) in [5.41, 5.74) is 0.820. The van der Waals surface area contributed by atoms with E-state index in [4.69, 9.17) is 0 Å². The van der Waals surface area contributed by atoms with Crippen LogP contribution < -0.4 is 10.6 Å². The first kappa shape index (κ1) is 15.1. The smallest absolute Gasteiger partial charge is 0.238 e. The summed E-state index contributed by atoms with van der Waals surface area (Å²) in [6.07, 6.45) is 0.181. The first-order chi connectivity index (χ1) is 10.6. The van der Waals surface area contributed by atoms with Crippen LogP contribution in [0.5, 0.6) is 0 Å². The summed E-state index contributed by atoms with van der Waals surface area (Å²) >= 11 is 3.06. The zero-order valence-electron chi connectivity index (χ0n) is 12.0. The van der Waals surface area contributed by atoms with Gasteiger partial charge in [0.1, 0.15) is 0 Å². The zero-order chi connectivity index (χ0) is 15.5. The first-order valence-electron chi connectivity index (χ1n) is 7.03. The molecule has 0 unspecified atom stereocenters. The number of para-hydroxylation sites is 1. The largest absolute Gasteiger partial charge is 0.349 e. The van der Waals surface area contributed by atoms with Crippen molar-refractivity contribution >= 4 is 40.6 Å². The second-order valence-electron chi connectivity index (χ2n) is 5.10. The number of carbonyl (C=O) groups is 2. The van der Waals surface area contributed by atoms with Crippen molar-refractivity contribution in [3.63, 3.8) is 0 Å². The Bertz CT molecular complexity index is 685. The summed E-state index contributed by atoms with van der Waals surface area (Å²) in [5, 5.41) is 7.41. The van der Waals surface area contributed by atoms with Gasteiger partial charge in [0.25, 0.3) is 0 Å². The van der Waals surface area contributed by atoms with Gasteiger partial charge in [-0.3, -0.25) is 9.59 Å². The van der Waals surface area contributed by atoms with E-state index in [-0.39, 0.29) is 29.5 Å². The molecule has 0 spiro atoms. The van der Waals surface area contributed by atoms with Gasteiger partial charge < -0.3 is 10.6 Å². The van der Waals surface area contributed by atoms with Crippen LogP contribution in [-0.4, -0.2) is 17.1 Å². The fourth-order valence-corrected chi connectivity index (χ4v) is 4.15. The third-order valence-electron chi connectivity index (χ3n) is 3.42. The molecule has 2 aromatic rings. The van der Waals surface area contributed by atoms with Gasteiger partial charge in [-0.25, -0.2) is 0 Å². The van der Waals surface area contributed by atoms with Crippen LogP contribution in [-0.2, 0) is 9.59 Å². The minimum absolute atomic E-state index is 0.0311. The maximum atomic E-state index is 12.2. The molecule has 1 aromatic carbocycles. The molecule has 4 nitrogen and oxygen atoms in total. The Hall–Kier alpha value is -1.79. The quantitative estimate of drug-likeness (QED) is 0.902. The van der Waals surface area contributed by atoms with Crippen molar-refractivity contribution in [1.29, 1.82) is 0 Å². The van der Waals surface area contributed by atoms with Crippen molar-refractivity contribution in [2.75, 3.05) is 5.32 Å². The number of amides is 2. The fraction of sp³-hybridized carbons (Fsp3) is 0.250. The average molecular weight is 332 g/mol. The second kappa shape index (κ2) is 6.54. The Morgan fingerprint density at radius 3 is 2.91 bits per heavy atom. The SMILES string of the molecule is C[C@H](NC(=O)C[C@@H]1Sc2ccccc2NC1=O)c1cccs1. The van der Waals surface area contributed by atoms with Crippen molar-refractivity contribution in [2.45, 2.75) is 29.5 Å². The molecule has 2 amide bonds. The van der Waals surface area contributed by atoms with Crippen molar-refractivity contribution in [1.82, 2.24) is 5.32 Å². The predicted octanol–water partition coefficient (Wildman–Crippen LogP) is 3.43. The lowest BCUT2D eigenvalue weighted by atomic mass is 10.2. The molecule has 3 rings (SSSR count). The lowest BCUT2D eigenvalue weighted by molar-refractivity contribution is -0.124. The average Bonchev–Trinajstić information content (AvgIpc) is 3.02. The maximum Gasteiger partial charge on any atom is 0.238 e. The number of rotatable bonds is 4. The number of fused-ring (bicyclic) bond motifs is 1. The number of benzene rings is 1. The number of hydrogen-bond donors (Lipinski definition) is 2. The third-order valence-corrected chi connectivity index (χ3v) is 5.76. The van der Waals surface area contributed by atoms with Crippen LogP contribution in [0.25, 0.3) is 0 Å². The third kappa shape index (κ3) is 3.34. The molecule has 2 N–H and O–H groups in total. The summed E-state index contributed by atoms with van der Waals surface area (Å²) < 4.78 is 0. The lowest BCUT2D eigenvalue weighted by Crippen LogP contribution is -2.35. The molecule has 0 saturated carbocycles. The second-order valence-corrected chi connectivity index (χ2v) is 7.32. The summed E-state index contributed by atoms with van der Waals surface area (Å²) in [6.45, 7) is 1.95. The summed E-state index contributed by atoms with van der Waals surface area (Å²) in [7, 11) is 0. The van der Waals surface area contributed by atoms with Gasteiger partial charge in [-0.2, -0.15) is 0 Å². The predicted molar refractivity (Wildman–Crippen MR) is 90.2 cm³/mol. The van der Waals surface area contributed by atoms with Gasteiger partial charge in [0, 0.05) is 16.2 Å². The molecule has 0 saturated heterocycles. The number of carbonyl (C=O) groups excluding carboxylic acids is 2. The normalized spacial score (nSPS) is 18.2. The fourth-order valence-electron chi connectivity index (χ4n) is 2.30. The molecule has 0 radical (unpaired) electrons. The number of nitrogens with one attached hydrogen (secondary N) is 2. The Labute approximate surface area is 137 Å². The first-order valence-corrected chi connectivity index (χ1v) is 8.79. The molecule has 1 aromatic heterocycles. The van der Waals surface area contributed by atoms with E-state index in [1.807, 2.05) is 48.7 Å². The summed E-state index contributed by atoms with van der Waals surface area (Å²) in [6, 6.07) is 11.6. The van der Waals surface area contributed by atoms with Gasteiger partial charge in [0.15, 0.2) is 0 Å². The number of hydrogen-bond acceptors (Lipinski definition) is 4. The molecule has 2 heterocycles. The molecule has 6 heteroatoms. The Morgan fingerprint density at radius 1 is 1.32 bits per heavy atom. The minimum Gasteiger partial charge on any atom is -0.349 e. The van der Waals surface area contributed by atoms with Gasteiger partial charge in [0.05, 0.1) is 17.0 Å². The highest BCUT2D eigenvalue weighted by atomic mass is 32.2. The van der Waals surface area contributed by atoms with Crippen LogP contribution in [0.1, 0.15) is 24.3 Å². The maximum absolute atomic E-state index is 12.2. The number of thiophene rings is 1. The zero-order valence-corrected chi connectivity index (χ0v) is 13.7. The van der Waals surface area contributed by atoms with Gasteiger partial charge in [0.2, 0.25) is 11.8 Å². The molecule has 2 atom stereocenters. The van der Waals surface area contributed by atoms with Crippen LogP contribution in [0.4, 0.5) is 5.69 Å². The lowest BCUT2D eigenvalue weighted by Gasteiger charge is -2.24. The molecular formula is C16H16N2O2S2. The van der Waals surface area contributed by atoms with E-state index in [0.29, 0.717) is 0 Å². The van der Waals surface area contributed by atoms with Crippen molar-refractivity contribution in [3.8, 4) is 0 Å². The van der Waals surface area contributed by atoms with E-state index in [1.54, 1.807) is 11.3 Å². The molecule has 1 aliphatic rings. The van der Waals surface area contributed by atoms with E-state index in [2.05, 4.69) is 10.6 Å². The monoisotopic (exact) mass is 332 g/mol. The Balaban J connectivity index is 1.61. The van der Waals surface area contributed by atoms with Crippen molar-refractivity contribution in [3.05, 3.63) is 46.7 Å². The highest BCUT2D eigenvalue weighted by molar-refractivity contribution is 8.01. The highest BCUT2D eigenvalue weighted by Crippen LogP contribution is 2.36. The molecular weight excluding hydrogens is 316 g/mol. The van der Waals surface area contributed by atoms with Crippen LogP contribution in [0.2, 0.25) is 0 Å². The van der Waals surface area contributed by atoms with E-state index in [0.717, 1.165) is 15.5 Å². The Morgan fingerprint density at radius 2 is 2.14 bits per heavy atom. The molecule has 0 fully saturated rings.